The van der Waals surface area contributed by atoms with Gasteiger partial charge >= 0.3 is 0 Å². The Labute approximate surface area is 119 Å². The molecule has 0 fully saturated rings. The summed E-state index contributed by atoms with van der Waals surface area (Å²) in [5.41, 5.74) is 8.32. The van der Waals surface area contributed by atoms with E-state index in [0.717, 1.165) is 17.2 Å². The molecule has 0 bridgehead atoms. The Kier molecular flexibility index (Phi) is 4.83. The Morgan fingerprint density at radius 1 is 1.16 bits per heavy atom. The lowest BCUT2D eigenvalue weighted by molar-refractivity contribution is 0.414. The molecule has 0 radical (unpaired) electrons. The molecule has 19 heavy (non-hydrogen) atoms. The van der Waals surface area contributed by atoms with E-state index in [-0.39, 0.29) is 5.92 Å². The fraction of sp³-hybridized carbons (Fsp3) is 0.250. The van der Waals surface area contributed by atoms with Gasteiger partial charge in [-0.1, -0.05) is 35.9 Å². The first-order valence-electron chi connectivity index (χ1n) is 6.31. The smallest absolute Gasteiger partial charge is 0.118 e. The van der Waals surface area contributed by atoms with Crippen molar-refractivity contribution in [3.05, 3.63) is 64.7 Å². The van der Waals surface area contributed by atoms with E-state index in [9.17, 15) is 0 Å². The number of methoxy groups -OCH3 is 1. The van der Waals surface area contributed by atoms with Crippen molar-refractivity contribution in [3.63, 3.8) is 0 Å². The minimum Gasteiger partial charge on any atom is -0.497 e. The highest BCUT2D eigenvalue weighted by atomic mass is 35.5. The average molecular weight is 276 g/mol. The van der Waals surface area contributed by atoms with Crippen molar-refractivity contribution in [2.75, 3.05) is 13.7 Å². The first kappa shape index (κ1) is 13.9. The van der Waals surface area contributed by atoms with E-state index in [0.29, 0.717) is 6.54 Å². The van der Waals surface area contributed by atoms with Gasteiger partial charge in [0, 0.05) is 10.9 Å². The van der Waals surface area contributed by atoms with Crippen LogP contribution < -0.4 is 10.5 Å². The maximum atomic E-state index is 6.03. The van der Waals surface area contributed by atoms with Crippen LogP contribution in [0.5, 0.6) is 5.75 Å². The molecule has 2 aromatic carbocycles. The normalized spacial score (nSPS) is 12.2. The number of halogens is 1. The molecule has 0 aliphatic carbocycles. The third-order valence-corrected chi connectivity index (χ3v) is 3.48. The van der Waals surface area contributed by atoms with Crippen LogP contribution in [0.15, 0.2) is 48.5 Å². The average Bonchev–Trinajstić information content (AvgIpc) is 2.45. The molecule has 1 unspecified atom stereocenters. The summed E-state index contributed by atoms with van der Waals surface area (Å²) in [7, 11) is 1.67. The van der Waals surface area contributed by atoms with Crippen LogP contribution in [-0.2, 0) is 6.42 Å². The van der Waals surface area contributed by atoms with Gasteiger partial charge in [-0.3, -0.25) is 0 Å². The molecule has 100 valence electrons. The van der Waals surface area contributed by atoms with Crippen molar-refractivity contribution in [1.29, 1.82) is 0 Å². The van der Waals surface area contributed by atoms with Crippen LogP contribution in [0, 0.1) is 0 Å². The van der Waals surface area contributed by atoms with E-state index >= 15 is 0 Å². The summed E-state index contributed by atoms with van der Waals surface area (Å²) >= 11 is 6.03. The second kappa shape index (κ2) is 6.60. The molecule has 2 nitrogen and oxygen atoms in total. The van der Waals surface area contributed by atoms with Crippen molar-refractivity contribution < 1.29 is 4.74 Å². The van der Waals surface area contributed by atoms with Gasteiger partial charge in [-0.2, -0.15) is 0 Å². The monoisotopic (exact) mass is 275 g/mol. The molecule has 1 atom stereocenters. The summed E-state index contributed by atoms with van der Waals surface area (Å²) in [4.78, 5) is 0. The maximum absolute atomic E-state index is 6.03. The Bertz CT molecular complexity index is 525. The van der Waals surface area contributed by atoms with Crippen LogP contribution in [0.4, 0.5) is 0 Å². The van der Waals surface area contributed by atoms with Gasteiger partial charge in [-0.05, 0) is 48.4 Å². The second-order valence-corrected chi connectivity index (χ2v) is 4.98. The summed E-state index contributed by atoms with van der Waals surface area (Å²) in [6.07, 6.45) is 0.904. The molecule has 0 saturated heterocycles. The van der Waals surface area contributed by atoms with E-state index in [1.807, 2.05) is 30.3 Å². The molecule has 2 N–H and O–H groups in total. The highest BCUT2D eigenvalue weighted by molar-refractivity contribution is 6.30. The summed E-state index contributed by atoms with van der Waals surface area (Å²) in [5.74, 6) is 1.16. The lowest BCUT2D eigenvalue weighted by Crippen LogP contribution is -2.15. The number of hydrogen-bond donors (Lipinski definition) is 1. The van der Waals surface area contributed by atoms with Gasteiger partial charge in [0.15, 0.2) is 0 Å². The van der Waals surface area contributed by atoms with Gasteiger partial charge in [0.25, 0.3) is 0 Å². The molecular weight excluding hydrogens is 258 g/mol. The summed E-state index contributed by atoms with van der Waals surface area (Å²) in [5, 5.41) is 0.755. The number of hydrogen-bond acceptors (Lipinski definition) is 2. The largest absolute Gasteiger partial charge is 0.497 e. The van der Waals surface area contributed by atoms with Crippen LogP contribution >= 0.6 is 11.6 Å². The van der Waals surface area contributed by atoms with E-state index in [4.69, 9.17) is 22.1 Å². The van der Waals surface area contributed by atoms with E-state index < -0.39 is 0 Å². The van der Waals surface area contributed by atoms with E-state index in [2.05, 4.69) is 18.2 Å². The molecule has 3 heteroatoms. The highest BCUT2D eigenvalue weighted by Crippen LogP contribution is 2.23. The highest BCUT2D eigenvalue weighted by Gasteiger charge is 2.11. The first-order valence-corrected chi connectivity index (χ1v) is 6.69. The first-order chi connectivity index (χ1) is 9.22. The second-order valence-electron chi connectivity index (χ2n) is 4.54. The van der Waals surface area contributed by atoms with Gasteiger partial charge in [-0.15, -0.1) is 0 Å². The Hall–Kier alpha value is -1.51. The fourth-order valence-electron chi connectivity index (χ4n) is 2.14. The van der Waals surface area contributed by atoms with Crippen LogP contribution in [0.3, 0.4) is 0 Å². The molecule has 2 rings (SSSR count). The standard InChI is InChI=1S/C16H18ClNO/c1-19-16-7-5-12(6-8-16)9-14(11-18)13-3-2-4-15(17)10-13/h2-8,10,14H,9,11,18H2,1H3. The molecule has 0 saturated carbocycles. The van der Waals surface area contributed by atoms with E-state index in [1.54, 1.807) is 7.11 Å². The zero-order chi connectivity index (χ0) is 13.7. The van der Waals surface area contributed by atoms with Crippen molar-refractivity contribution >= 4 is 11.6 Å². The third kappa shape index (κ3) is 3.72. The number of ether oxygens (including phenoxy) is 1. The minimum atomic E-state index is 0.284. The van der Waals surface area contributed by atoms with Crippen molar-refractivity contribution in [3.8, 4) is 5.75 Å². The Balaban J connectivity index is 2.14. The molecule has 2 aromatic rings. The summed E-state index contributed by atoms with van der Waals surface area (Å²) in [6, 6.07) is 16.0. The number of benzene rings is 2. The van der Waals surface area contributed by atoms with Crippen LogP contribution in [0.1, 0.15) is 17.0 Å². The molecule has 0 aliphatic rings. The van der Waals surface area contributed by atoms with Crippen molar-refractivity contribution in [2.45, 2.75) is 12.3 Å². The summed E-state index contributed by atoms with van der Waals surface area (Å²) in [6.45, 7) is 0.604. The predicted molar refractivity (Wildman–Crippen MR) is 79.9 cm³/mol. The van der Waals surface area contributed by atoms with Gasteiger partial charge in [-0.25, -0.2) is 0 Å². The quantitative estimate of drug-likeness (QED) is 0.904. The predicted octanol–water partition coefficient (Wildman–Crippen LogP) is 3.63. The number of nitrogens with two attached hydrogens (primary N) is 1. The van der Waals surface area contributed by atoms with Crippen LogP contribution in [-0.4, -0.2) is 13.7 Å². The molecule has 0 aliphatic heterocycles. The fourth-order valence-corrected chi connectivity index (χ4v) is 2.34. The van der Waals surface area contributed by atoms with Crippen molar-refractivity contribution in [1.82, 2.24) is 0 Å². The van der Waals surface area contributed by atoms with Crippen LogP contribution in [0.25, 0.3) is 0 Å². The Morgan fingerprint density at radius 2 is 1.89 bits per heavy atom. The Morgan fingerprint density at radius 3 is 2.47 bits per heavy atom. The summed E-state index contributed by atoms with van der Waals surface area (Å²) < 4.78 is 5.16. The SMILES string of the molecule is COc1ccc(CC(CN)c2cccc(Cl)c2)cc1. The lowest BCUT2D eigenvalue weighted by Gasteiger charge is -2.16. The lowest BCUT2D eigenvalue weighted by atomic mass is 9.92. The third-order valence-electron chi connectivity index (χ3n) is 3.25. The van der Waals surface area contributed by atoms with Gasteiger partial charge in [0.05, 0.1) is 7.11 Å². The molecule has 0 aromatic heterocycles. The molecular formula is C16H18ClNO. The minimum absolute atomic E-state index is 0.284. The van der Waals surface area contributed by atoms with Gasteiger partial charge in [0.2, 0.25) is 0 Å². The number of rotatable bonds is 5. The molecule has 0 heterocycles. The zero-order valence-electron chi connectivity index (χ0n) is 11.0. The van der Waals surface area contributed by atoms with Crippen LogP contribution in [0.2, 0.25) is 5.02 Å². The molecule has 0 spiro atoms. The van der Waals surface area contributed by atoms with Crippen molar-refractivity contribution in [2.24, 2.45) is 5.73 Å². The maximum Gasteiger partial charge on any atom is 0.118 e. The topological polar surface area (TPSA) is 35.2 Å². The van der Waals surface area contributed by atoms with Gasteiger partial charge in [0.1, 0.15) is 5.75 Å². The van der Waals surface area contributed by atoms with E-state index in [1.165, 1.54) is 11.1 Å². The zero-order valence-corrected chi connectivity index (χ0v) is 11.7. The molecule has 0 amide bonds. The van der Waals surface area contributed by atoms with Gasteiger partial charge < -0.3 is 10.5 Å².